The van der Waals surface area contributed by atoms with Gasteiger partial charge in [-0.2, -0.15) is 28.4 Å². The van der Waals surface area contributed by atoms with Gasteiger partial charge in [-0.05, 0) is 26.2 Å². The highest BCUT2D eigenvalue weighted by Gasteiger charge is 2.35. The third-order valence-corrected chi connectivity index (χ3v) is 5.16. The van der Waals surface area contributed by atoms with E-state index in [0.717, 1.165) is 31.0 Å². The molecule has 0 aromatic carbocycles. The lowest BCUT2D eigenvalue weighted by Gasteiger charge is -2.23. The quantitative estimate of drug-likeness (QED) is 0.690. The molecule has 1 aliphatic carbocycles. The monoisotopic (exact) mass is 406 g/mol. The molecule has 0 spiro atoms. The number of hydrogen-bond donors (Lipinski definition) is 2. The molecular formula is C18H21F3N8. The third-order valence-electron chi connectivity index (χ3n) is 5.16. The Morgan fingerprint density at radius 2 is 2.03 bits per heavy atom. The molecular weight excluding hydrogens is 385 g/mol. The number of hydrogen-bond acceptors (Lipinski definition) is 6. The van der Waals surface area contributed by atoms with Crippen molar-refractivity contribution in [1.82, 2.24) is 29.5 Å². The summed E-state index contributed by atoms with van der Waals surface area (Å²) in [6.07, 6.45) is 2.92. The molecule has 8 nitrogen and oxygen atoms in total. The van der Waals surface area contributed by atoms with Crippen molar-refractivity contribution in [1.29, 1.82) is 0 Å². The Hall–Kier alpha value is -3.11. The number of aromatic nitrogens is 6. The number of nitrogens with one attached hydrogen (secondary N) is 2. The van der Waals surface area contributed by atoms with Gasteiger partial charge in [0.1, 0.15) is 11.4 Å². The van der Waals surface area contributed by atoms with Crippen molar-refractivity contribution in [2.45, 2.75) is 38.4 Å². The van der Waals surface area contributed by atoms with E-state index in [9.17, 15) is 13.2 Å². The molecule has 154 valence electrons. The Labute approximate surface area is 165 Å². The third kappa shape index (κ3) is 3.52. The van der Waals surface area contributed by atoms with Crippen LogP contribution in [0, 0.1) is 6.92 Å². The highest BCUT2D eigenvalue weighted by molar-refractivity contribution is 5.58. The van der Waals surface area contributed by atoms with Crippen LogP contribution in [-0.2, 0) is 19.6 Å². The zero-order valence-corrected chi connectivity index (χ0v) is 16.2. The lowest BCUT2D eigenvalue weighted by atomic mass is 9.93. The van der Waals surface area contributed by atoms with Crippen LogP contribution in [0.2, 0.25) is 0 Å². The molecule has 1 aliphatic rings. The maximum Gasteiger partial charge on any atom is 0.421 e. The van der Waals surface area contributed by atoms with Crippen molar-refractivity contribution in [2.75, 3.05) is 17.7 Å². The van der Waals surface area contributed by atoms with E-state index < -0.39 is 11.7 Å². The fourth-order valence-electron chi connectivity index (χ4n) is 3.68. The zero-order chi connectivity index (χ0) is 20.8. The summed E-state index contributed by atoms with van der Waals surface area (Å²) in [7, 11) is 3.32. The van der Waals surface area contributed by atoms with Crippen molar-refractivity contribution in [2.24, 2.45) is 7.05 Å². The second-order valence-electron chi connectivity index (χ2n) is 7.02. The molecule has 11 heteroatoms. The predicted octanol–water partition coefficient (Wildman–Crippen LogP) is 3.44. The molecule has 0 bridgehead atoms. The molecule has 0 amide bonds. The Kier molecular flexibility index (Phi) is 4.67. The van der Waals surface area contributed by atoms with Crippen LogP contribution in [0.3, 0.4) is 0 Å². The molecule has 3 aromatic rings. The van der Waals surface area contributed by atoms with Gasteiger partial charge in [-0.3, -0.25) is 9.36 Å². The van der Waals surface area contributed by atoms with Gasteiger partial charge >= 0.3 is 6.18 Å². The summed E-state index contributed by atoms with van der Waals surface area (Å²) in [6, 6.07) is 0.0723. The average Bonchev–Trinajstić information content (AvgIpc) is 3.24. The Bertz CT molecular complexity index is 1040. The van der Waals surface area contributed by atoms with Gasteiger partial charge < -0.3 is 10.6 Å². The van der Waals surface area contributed by atoms with Crippen LogP contribution in [-0.4, -0.2) is 36.6 Å². The summed E-state index contributed by atoms with van der Waals surface area (Å²) in [6.45, 7) is 1.83. The van der Waals surface area contributed by atoms with Gasteiger partial charge in [0.15, 0.2) is 0 Å². The first kappa shape index (κ1) is 19.2. The number of aryl methyl sites for hydroxylation is 2. The van der Waals surface area contributed by atoms with Crippen LogP contribution >= 0.6 is 0 Å². The molecule has 0 saturated heterocycles. The molecule has 29 heavy (non-hydrogen) atoms. The van der Waals surface area contributed by atoms with Gasteiger partial charge in [-0.15, -0.1) is 0 Å². The molecule has 1 unspecified atom stereocenters. The lowest BCUT2D eigenvalue weighted by Crippen LogP contribution is -2.18. The average molecular weight is 406 g/mol. The Morgan fingerprint density at radius 1 is 1.24 bits per heavy atom. The molecule has 4 rings (SSSR count). The van der Waals surface area contributed by atoms with E-state index in [2.05, 4.69) is 30.8 Å². The molecule has 3 aromatic heterocycles. The van der Waals surface area contributed by atoms with E-state index in [1.54, 1.807) is 0 Å². The van der Waals surface area contributed by atoms with E-state index in [1.165, 1.54) is 12.7 Å². The van der Waals surface area contributed by atoms with Gasteiger partial charge in [0.2, 0.25) is 5.95 Å². The van der Waals surface area contributed by atoms with Crippen molar-refractivity contribution < 1.29 is 13.2 Å². The highest BCUT2D eigenvalue weighted by Crippen LogP contribution is 2.35. The topological polar surface area (TPSA) is 85.5 Å². The van der Waals surface area contributed by atoms with Crippen LogP contribution in [0.1, 0.15) is 41.4 Å². The van der Waals surface area contributed by atoms with Gasteiger partial charge in [0, 0.05) is 37.7 Å². The summed E-state index contributed by atoms with van der Waals surface area (Å²) in [4.78, 5) is 7.77. The standard InChI is InChI=1S/C18H21F3N8/c1-10-13(25-17-23-8-12(18(19,20)21)16(22-2)26-17)9-29(27-10)15-6-4-5-14-11(15)7-24-28(14)3/h7-9,15H,4-6H2,1-3H3,(H2,22,23,25,26). The molecule has 1 atom stereocenters. The lowest BCUT2D eigenvalue weighted by molar-refractivity contribution is -0.137. The summed E-state index contributed by atoms with van der Waals surface area (Å²) in [5, 5.41) is 14.4. The number of nitrogens with zero attached hydrogens (tertiary/aromatic N) is 6. The van der Waals surface area contributed by atoms with Crippen molar-refractivity contribution in [3.05, 3.63) is 41.1 Å². The fraction of sp³-hybridized carbons (Fsp3) is 0.444. The second-order valence-corrected chi connectivity index (χ2v) is 7.02. The predicted molar refractivity (Wildman–Crippen MR) is 101 cm³/mol. The fourth-order valence-corrected chi connectivity index (χ4v) is 3.68. The second kappa shape index (κ2) is 7.05. The minimum Gasteiger partial charge on any atom is -0.372 e. The first-order valence-corrected chi connectivity index (χ1v) is 9.23. The molecule has 0 radical (unpaired) electrons. The summed E-state index contributed by atoms with van der Waals surface area (Å²) < 4.78 is 42.9. The van der Waals surface area contributed by atoms with E-state index in [1.807, 2.05) is 35.7 Å². The number of alkyl halides is 3. The first-order chi connectivity index (χ1) is 13.8. The minimum atomic E-state index is -4.53. The van der Waals surface area contributed by atoms with Crippen LogP contribution in [0.25, 0.3) is 0 Å². The van der Waals surface area contributed by atoms with Gasteiger partial charge in [-0.1, -0.05) is 0 Å². The van der Waals surface area contributed by atoms with Crippen LogP contribution in [0.5, 0.6) is 0 Å². The molecule has 0 aliphatic heterocycles. The van der Waals surface area contributed by atoms with Crippen molar-refractivity contribution in [3.8, 4) is 0 Å². The Balaban J connectivity index is 1.62. The summed E-state index contributed by atoms with van der Waals surface area (Å²) in [5.41, 5.74) is 2.78. The summed E-state index contributed by atoms with van der Waals surface area (Å²) in [5.74, 6) is -0.219. The maximum absolute atomic E-state index is 13.0. The number of rotatable bonds is 4. The van der Waals surface area contributed by atoms with Crippen LogP contribution in [0.15, 0.2) is 18.6 Å². The molecule has 3 heterocycles. The first-order valence-electron chi connectivity index (χ1n) is 9.23. The summed E-state index contributed by atoms with van der Waals surface area (Å²) >= 11 is 0. The zero-order valence-electron chi connectivity index (χ0n) is 16.2. The number of anilines is 3. The smallest absolute Gasteiger partial charge is 0.372 e. The van der Waals surface area contributed by atoms with Crippen LogP contribution in [0.4, 0.5) is 30.6 Å². The molecule has 2 N–H and O–H groups in total. The van der Waals surface area contributed by atoms with Crippen molar-refractivity contribution in [3.63, 3.8) is 0 Å². The van der Waals surface area contributed by atoms with E-state index in [4.69, 9.17) is 0 Å². The largest absolute Gasteiger partial charge is 0.421 e. The van der Waals surface area contributed by atoms with Crippen LogP contribution < -0.4 is 10.6 Å². The van der Waals surface area contributed by atoms with Gasteiger partial charge in [-0.25, -0.2) is 4.98 Å². The van der Waals surface area contributed by atoms with Crippen molar-refractivity contribution >= 4 is 17.5 Å². The Morgan fingerprint density at radius 3 is 2.76 bits per heavy atom. The van der Waals surface area contributed by atoms with E-state index in [-0.39, 0.29) is 17.8 Å². The SMILES string of the molecule is CNc1nc(Nc2cn(C3CCCc4c3cnn4C)nc2C)ncc1C(F)(F)F. The molecule has 0 fully saturated rings. The maximum atomic E-state index is 13.0. The number of fused-ring (bicyclic) bond motifs is 1. The normalized spacial score (nSPS) is 16.6. The van der Waals surface area contributed by atoms with Gasteiger partial charge in [0.25, 0.3) is 0 Å². The van der Waals surface area contributed by atoms with E-state index >= 15 is 0 Å². The highest BCUT2D eigenvalue weighted by atomic mass is 19.4. The molecule has 0 saturated carbocycles. The number of halogens is 3. The van der Waals surface area contributed by atoms with Gasteiger partial charge in [0.05, 0.1) is 23.6 Å². The minimum absolute atomic E-state index is 0.0655. The van der Waals surface area contributed by atoms with E-state index in [0.29, 0.717) is 11.4 Å².